The Kier molecular flexibility index (Phi) is 3.67. The molecule has 0 amide bonds. The molecule has 2 rings (SSSR count). The van der Waals surface area contributed by atoms with Crippen LogP contribution in [-0.2, 0) is 6.54 Å². The Bertz CT molecular complexity index is 389. The van der Waals surface area contributed by atoms with E-state index in [1.807, 2.05) is 7.05 Å². The van der Waals surface area contributed by atoms with Gasteiger partial charge < -0.3 is 10.2 Å². The maximum atomic E-state index is 4.68. The number of rotatable bonds is 3. The lowest BCUT2D eigenvalue weighted by molar-refractivity contribution is 0.625. The van der Waals surface area contributed by atoms with Crippen molar-refractivity contribution in [3.05, 3.63) is 23.4 Å². The van der Waals surface area contributed by atoms with Crippen LogP contribution in [0.5, 0.6) is 0 Å². The summed E-state index contributed by atoms with van der Waals surface area (Å²) in [5, 5.41) is 3.20. The molecule has 0 radical (unpaired) electrons. The van der Waals surface area contributed by atoms with E-state index in [1.165, 1.54) is 12.0 Å². The van der Waals surface area contributed by atoms with Gasteiger partial charge in [0.1, 0.15) is 5.82 Å². The molecule has 0 aliphatic carbocycles. The van der Waals surface area contributed by atoms with Crippen molar-refractivity contribution in [3.8, 4) is 0 Å². The smallest absolute Gasteiger partial charge is 0.129 e. The van der Waals surface area contributed by atoms with Crippen LogP contribution >= 0.6 is 0 Å². The monoisotopic (exact) mass is 233 g/mol. The SMILES string of the molecule is CNCc1cc(C)nc(N2CC(C)CC2C)c1. The van der Waals surface area contributed by atoms with Gasteiger partial charge >= 0.3 is 0 Å². The zero-order valence-corrected chi connectivity index (χ0v) is 11.3. The maximum Gasteiger partial charge on any atom is 0.129 e. The Morgan fingerprint density at radius 1 is 1.41 bits per heavy atom. The Morgan fingerprint density at radius 2 is 2.18 bits per heavy atom. The number of nitrogens with zero attached hydrogens (tertiary/aromatic N) is 2. The fraction of sp³-hybridized carbons (Fsp3) is 0.643. The van der Waals surface area contributed by atoms with Crippen LogP contribution in [0.1, 0.15) is 31.5 Å². The Labute approximate surface area is 104 Å². The van der Waals surface area contributed by atoms with Crippen LogP contribution in [0.3, 0.4) is 0 Å². The number of pyridine rings is 1. The summed E-state index contributed by atoms with van der Waals surface area (Å²) in [5.74, 6) is 1.92. The van der Waals surface area contributed by atoms with Crippen LogP contribution in [0.4, 0.5) is 5.82 Å². The fourth-order valence-corrected chi connectivity index (χ4v) is 2.79. The van der Waals surface area contributed by atoms with E-state index in [0.717, 1.165) is 30.5 Å². The summed E-state index contributed by atoms with van der Waals surface area (Å²) in [6, 6.07) is 4.99. The standard InChI is InChI=1S/C14H23N3/c1-10-5-12(3)17(9-10)14-7-13(8-15-4)6-11(2)16-14/h6-7,10,12,15H,5,8-9H2,1-4H3. The van der Waals surface area contributed by atoms with Gasteiger partial charge in [-0.15, -0.1) is 0 Å². The van der Waals surface area contributed by atoms with Crippen LogP contribution in [-0.4, -0.2) is 24.6 Å². The van der Waals surface area contributed by atoms with Crippen molar-refractivity contribution in [2.45, 2.75) is 39.8 Å². The van der Waals surface area contributed by atoms with Crippen molar-refractivity contribution >= 4 is 5.82 Å². The van der Waals surface area contributed by atoms with E-state index in [-0.39, 0.29) is 0 Å². The third-order valence-corrected chi connectivity index (χ3v) is 3.46. The topological polar surface area (TPSA) is 28.2 Å². The largest absolute Gasteiger partial charge is 0.354 e. The maximum absolute atomic E-state index is 4.68. The number of aromatic nitrogens is 1. The van der Waals surface area contributed by atoms with Gasteiger partial charge in [-0.3, -0.25) is 0 Å². The van der Waals surface area contributed by atoms with E-state index in [1.54, 1.807) is 0 Å². The highest BCUT2D eigenvalue weighted by molar-refractivity contribution is 5.44. The van der Waals surface area contributed by atoms with Gasteiger partial charge in [-0.25, -0.2) is 4.98 Å². The fourth-order valence-electron chi connectivity index (χ4n) is 2.79. The molecular formula is C14H23N3. The van der Waals surface area contributed by atoms with Crippen molar-refractivity contribution < 1.29 is 0 Å². The summed E-state index contributed by atoms with van der Waals surface area (Å²) < 4.78 is 0. The molecule has 0 spiro atoms. The zero-order chi connectivity index (χ0) is 12.4. The molecule has 3 heteroatoms. The molecule has 1 fully saturated rings. The highest BCUT2D eigenvalue weighted by atomic mass is 15.2. The molecule has 94 valence electrons. The number of nitrogens with one attached hydrogen (secondary N) is 1. The molecule has 0 bridgehead atoms. The van der Waals surface area contributed by atoms with Gasteiger partial charge in [-0.1, -0.05) is 6.92 Å². The van der Waals surface area contributed by atoms with Crippen molar-refractivity contribution in [1.82, 2.24) is 10.3 Å². The minimum Gasteiger partial charge on any atom is -0.354 e. The second kappa shape index (κ2) is 5.05. The summed E-state index contributed by atoms with van der Waals surface area (Å²) >= 11 is 0. The zero-order valence-electron chi connectivity index (χ0n) is 11.3. The number of aryl methyl sites for hydroxylation is 1. The van der Waals surface area contributed by atoms with Gasteiger partial charge in [-0.2, -0.15) is 0 Å². The van der Waals surface area contributed by atoms with E-state index in [0.29, 0.717) is 6.04 Å². The van der Waals surface area contributed by atoms with E-state index < -0.39 is 0 Å². The summed E-state index contributed by atoms with van der Waals surface area (Å²) in [7, 11) is 1.98. The summed E-state index contributed by atoms with van der Waals surface area (Å²) in [4.78, 5) is 7.12. The molecule has 2 atom stereocenters. The third-order valence-electron chi connectivity index (χ3n) is 3.46. The van der Waals surface area contributed by atoms with Crippen LogP contribution < -0.4 is 10.2 Å². The van der Waals surface area contributed by atoms with Crippen LogP contribution in [0.15, 0.2) is 12.1 Å². The molecule has 1 aromatic heterocycles. The molecule has 2 heterocycles. The Hall–Kier alpha value is -1.09. The molecule has 0 saturated carbocycles. The summed E-state index contributed by atoms with van der Waals surface area (Å²) in [5.41, 5.74) is 2.43. The third kappa shape index (κ3) is 2.78. The summed E-state index contributed by atoms with van der Waals surface area (Å²) in [6.45, 7) is 8.74. The number of anilines is 1. The molecule has 1 saturated heterocycles. The van der Waals surface area contributed by atoms with Crippen LogP contribution in [0.2, 0.25) is 0 Å². The highest BCUT2D eigenvalue weighted by Gasteiger charge is 2.27. The van der Waals surface area contributed by atoms with E-state index in [2.05, 4.69) is 48.1 Å². The van der Waals surface area contributed by atoms with E-state index >= 15 is 0 Å². The average Bonchev–Trinajstić information content (AvgIpc) is 2.57. The highest BCUT2D eigenvalue weighted by Crippen LogP contribution is 2.28. The second-order valence-electron chi connectivity index (χ2n) is 5.35. The lowest BCUT2D eigenvalue weighted by Crippen LogP contribution is -2.28. The molecule has 1 aliphatic rings. The van der Waals surface area contributed by atoms with Gasteiger partial charge in [0.05, 0.1) is 0 Å². The molecular weight excluding hydrogens is 210 g/mol. The molecule has 17 heavy (non-hydrogen) atoms. The average molecular weight is 233 g/mol. The van der Waals surface area contributed by atoms with Gasteiger partial charge in [-0.05, 0) is 50.9 Å². The van der Waals surface area contributed by atoms with Gasteiger partial charge in [0.25, 0.3) is 0 Å². The molecule has 1 aliphatic heterocycles. The lowest BCUT2D eigenvalue weighted by Gasteiger charge is -2.23. The number of hydrogen-bond acceptors (Lipinski definition) is 3. The van der Waals surface area contributed by atoms with E-state index in [9.17, 15) is 0 Å². The minimum absolute atomic E-state index is 0.613. The van der Waals surface area contributed by atoms with E-state index in [4.69, 9.17) is 0 Å². The molecule has 3 nitrogen and oxygen atoms in total. The van der Waals surface area contributed by atoms with Crippen molar-refractivity contribution in [3.63, 3.8) is 0 Å². The minimum atomic E-state index is 0.613. The molecule has 2 unspecified atom stereocenters. The Morgan fingerprint density at radius 3 is 2.76 bits per heavy atom. The normalized spacial score (nSPS) is 24.4. The molecule has 1 aromatic rings. The first-order valence-electron chi connectivity index (χ1n) is 6.49. The van der Waals surface area contributed by atoms with Gasteiger partial charge in [0, 0.05) is 24.8 Å². The molecule has 0 aromatic carbocycles. The van der Waals surface area contributed by atoms with Crippen LogP contribution in [0, 0.1) is 12.8 Å². The first-order chi connectivity index (χ1) is 8.10. The van der Waals surface area contributed by atoms with Crippen molar-refractivity contribution in [2.75, 3.05) is 18.5 Å². The first-order valence-corrected chi connectivity index (χ1v) is 6.49. The van der Waals surface area contributed by atoms with Crippen molar-refractivity contribution in [2.24, 2.45) is 5.92 Å². The Balaban J connectivity index is 2.25. The second-order valence-corrected chi connectivity index (χ2v) is 5.35. The predicted molar refractivity (Wildman–Crippen MR) is 72.3 cm³/mol. The lowest BCUT2D eigenvalue weighted by atomic mass is 10.1. The summed E-state index contributed by atoms with van der Waals surface area (Å²) in [6.07, 6.45) is 1.27. The number of hydrogen-bond donors (Lipinski definition) is 1. The first kappa shape index (κ1) is 12.4. The predicted octanol–water partition coefficient (Wildman–Crippen LogP) is 2.34. The molecule has 1 N–H and O–H groups in total. The quantitative estimate of drug-likeness (QED) is 0.868. The van der Waals surface area contributed by atoms with Gasteiger partial charge in [0.15, 0.2) is 0 Å². The van der Waals surface area contributed by atoms with Crippen LogP contribution in [0.25, 0.3) is 0 Å². The van der Waals surface area contributed by atoms with Crippen molar-refractivity contribution in [1.29, 1.82) is 0 Å². The van der Waals surface area contributed by atoms with Gasteiger partial charge in [0.2, 0.25) is 0 Å².